The van der Waals surface area contributed by atoms with Gasteiger partial charge < -0.3 is 5.32 Å². The molecule has 0 saturated carbocycles. The number of hydrogen-bond acceptors (Lipinski definition) is 3. The molecule has 3 rings (SSSR count). The van der Waals surface area contributed by atoms with Crippen molar-refractivity contribution in [1.29, 1.82) is 0 Å². The number of aromatic nitrogens is 2. The first-order chi connectivity index (χ1) is 14.5. The van der Waals surface area contributed by atoms with Crippen LogP contribution in [0.15, 0.2) is 41.2 Å². The van der Waals surface area contributed by atoms with Crippen molar-refractivity contribution in [2.24, 2.45) is 0 Å². The van der Waals surface area contributed by atoms with Gasteiger partial charge in [-0.05, 0) is 55.2 Å². The molecule has 0 aliphatic heterocycles. The molecule has 31 heavy (non-hydrogen) atoms. The molecule has 0 aliphatic carbocycles. The van der Waals surface area contributed by atoms with E-state index in [1.807, 2.05) is 0 Å². The van der Waals surface area contributed by atoms with Gasteiger partial charge in [0.25, 0.3) is 5.56 Å². The summed E-state index contributed by atoms with van der Waals surface area (Å²) in [7, 11) is 0. The Morgan fingerprint density at radius 3 is 2.45 bits per heavy atom. The number of nitrogens with zero attached hydrogens (tertiary/aromatic N) is 2. The fourth-order valence-electron chi connectivity index (χ4n) is 3.38. The molecule has 0 saturated heterocycles. The number of rotatable bonds is 5. The Hall–Kier alpha value is -2.87. The van der Waals surface area contributed by atoms with Gasteiger partial charge in [0.1, 0.15) is 6.04 Å². The van der Waals surface area contributed by atoms with Crippen LogP contribution in [0.3, 0.4) is 0 Å². The number of carbonyl (C=O) groups is 1. The molecular formula is C22H21ClF3N3O2. The van der Waals surface area contributed by atoms with Crippen LogP contribution >= 0.6 is 11.6 Å². The third-order valence-electron chi connectivity index (χ3n) is 5.18. The number of amides is 1. The lowest BCUT2D eigenvalue weighted by molar-refractivity contribution is -0.142. The van der Waals surface area contributed by atoms with E-state index in [0.29, 0.717) is 10.6 Å². The summed E-state index contributed by atoms with van der Waals surface area (Å²) >= 11 is 6.10. The number of benzene rings is 2. The van der Waals surface area contributed by atoms with Crippen LogP contribution < -0.4 is 10.9 Å². The summed E-state index contributed by atoms with van der Waals surface area (Å²) in [6.07, 6.45) is -4.84. The average Bonchev–Trinajstić information content (AvgIpc) is 2.70. The average molecular weight is 452 g/mol. The van der Waals surface area contributed by atoms with Crippen molar-refractivity contribution in [3.8, 4) is 0 Å². The van der Waals surface area contributed by atoms with Gasteiger partial charge in [-0.1, -0.05) is 36.7 Å². The predicted molar refractivity (Wildman–Crippen MR) is 113 cm³/mol. The summed E-state index contributed by atoms with van der Waals surface area (Å²) in [5.41, 5.74) is -0.540. The second-order valence-corrected chi connectivity index (χ2v) is 7.70. The summed E-state index contributed by atoms with van der Waals surface area (Å²) in [5.74, 6) is -0.580. The molecule has 0 radical (unpaired) electrons. The van der Waals surface area contributed by atoms with Gasteiger partial charge in [0.2, 0.25) is 11.6 Å². The van der Waals surface area contributed by atoms with Gasteiger partial charge >= 0.3 is 6.18 Å². The fraction of sp³-hybridized carbons (Fsp3) is 0.318. The van der Waals surface area contributed by atoms with Crippen molar-refractivity contribution in [3.63, 3.8) is 0 Å². The number of fused-ring (bicyclic) bond motifs is 1. The maximum absolute atomic E-state index is 13.5. The molecule has 1 N–H and O–H groups in total. The summed E-state index contributed by atoms with van der Waals surface area (Å²) in [6.45, 7) is 5.23. The molecule has 0 fully saturated rings. The quantitative estimate of drug-likeness (QED) is 0.596. The first-order valence-electron chi connectivity index (χ1n) is 9.66. The third kappa shape index (κ3) is 4.58. The fourth-order valence-corrected chi connectivity index (χ4v) is 3.58. The zero-order valence-corrected chi connectivity index (χ0v) is 17.9. The summed E-state index contributed by atoms with van der Waals surface area (Å²) in [6, 6.07) is 8.82. The van der Waals surface area contributed by atoms with E-state index in [4.69, 9.17) is 11.6 Å². The van der Waals surface area contributed by atoms with Gasteiger partial charge in [-0.25, -0.2) is 4.98 Å². The monoisotopic (exact) mass is 451 g/mol. The molecule has 1 heterocycles. The second kappa shape index (κ2) is 8.70. The summed E-state index contributed by atoms with van der Waals surface area (Å²) < 4.78 is 41.5. The molecule has 5 nitrogen and oxygen atoms in total. The molecular weight excluding hydrogens is 431 g/mol. The van der Waals surface area contributed by atoms with Crippen molar-refractivity contribution >= 4 is 28.5 Å². The lowest BCUT2D eigenvalue weighted by atomic mass is 10.1. The van der Waals surface area contributed by atoms with Crippen molar-refractivity contribution in [2.75, 3.05) is 0 Å². The maximum atomic E-state index is 13.5. The summed E-state index contributed by atoms with van der Waals surface area (Å²) in [4.78, 5) is 29.4. The second-order valence-electron chi connectivity index (χ2n) is 7.29. The largest absolute Gasteiger partial charge is 0.438 e. The van der Waals surface area contributed by atoms with E-state index in [1.54, 1.807) is 51.1 Å². The Kier molecular flexibility index (Phi) is 6.40. The minimum atomic E-state index is -4.95. The SMILES string of the molecule is CCC(C(=O)NCc1ccccc1Cl)n1c(=O)c(C(F)(F)F)nc2cc(C)c(C)cc21. The Labute approximate surface area is 181 Å². The number of aryl methyl sites for hydroxylation is 2. The number of alkyl halides is 3. The van der Waals surface area contributed by atoms with Gasteiger partial charge in [0, 0.05) is 11.6 Å². The Balaban J connectivity index is 2.12. The predicted octanol–water partition coefficient (Wildman–Crippen LogP) is 4.95. The van der Waals surface area contributed by atoms with Crippen LogP contribution in [-0.4, -0.2) is 15.5 Å². The molecule has 1 atom stereocenters. The Morgan fingerprint density at radius 1 is 1.19 bits per heavy atom. The minimum Gasteiger partial charge on any atom is -0.350 e. The van der Waals surface area contributed by atoms with E-state index < -0.39 is 29.4 Å². The van der Waals surface area contributed by atoms with Crippen molar-refractivity contribution in [3.05, 3.63) is 74.2 Å². The van der Waals surface area contributed by atoms with Crippen LogP contribution in [-0.2, 0) is 17.5 Å². The first-order valence-corrected chi connectivity index (χ1v) is 10.0. The lowest BCUT2D eigenvalue weighted by Crippen LogP contribution is -2.40. The van der Waals surface area contributed by atoms with Crippen LogP contribution in [0.25, 0.3) is 11.0 Å². The van der Waals surface area contributed by atoms with Crippen molar-refractivity contribution in [2.45, 2.75) is 46.0 Å². The van der Waals surface area contributed by atoms with Crippen LogP contribution in [0, 0.1) is 13.8 Å². The standard InChI is InChI=1S/C22H21ClF3N3O2/c1-4-17(20(30)27-11-14-7-5-6-8-15(14)23)29-18-10-13(3)12(2)9-16(18)28-19(21(29)31)22(24,25)26/h5-10,17H,4,11H2,1-3H3,(H,27,30). The highest BCUT2D eigenvalue weighted by molar-refractivity contribution is 6.31. The molecule has 1 amide bonds. The van der Waals surface area contributed by atoms with E-state index in [2.05, 4.69) is 10.3 Å². The van der Waals surface area contributed by atoms with Crippen LogP contribution in [0.2, 0.25) is 5.02 Å². The molecule has 1 aromatic heterocycles. The molecule has 0 bridgehead atoms. The smallest absolute Gasteiger partial charge is 0.350 e. The number of carbonyl (C=O) groups excluding carboxylic acids is 1. The molecule has 0 spiro atoms. The number of nitrogens with one attached hydrogen (secondary N) is 1. The van der Waals surface area contributed by atoms with Crippen molar-refractivity contribution < 1.29 is 18.0 Å². The zero-order valence-electron chi connectivity index (χ0n) is 17.2. The molecule has 0 aliphatic rings. The van der Waals surface area contributed by atoms with E-state index in [-0.39, 0.29) is 24.0 Å². The van der Waals surface area contributed by atoms with E-state index in [9.17, 15) is 22.8 Å². The van der Waals surface area contributed by atoms with Gasteiger partial charge in [-0.15, -0.1) is 0 Å². The molecule has 164 valence electrons. The van der Waals surface area contributed by atoms with Crippen molar-refractivity contribution in [1.82, 2.24) is 14.9 Å². The van der Waals surface area contributed by atoms with Gasteiger partial charge in [0.05, 0.1) is 11.0 Å². The maximum Gasteiger partial charge on any atom is 0.438 e. The van der Waals surface area contributed by atoms with Gasteiger partial charge in [-0.2, -0.15) is 13.2 Å². The van der Waals surface area contributed by atoms with E-state index in [1.165, 1.54) is 6.07 Å². The van der Waals surface area contributed by atoms with E-state index in [0.717, 1.165) is 15.7 Å². The zero-order chi connectivity index (χ0) is 22.9. The Bertz CT molecular complexity index is 1210. The van der Waals surface area contributed by atoms with Gasteiger partial charge in [-0.3, -0.25) is 14.2 Å². The minimum absolute atomic E-state index is 0.00683. The molecule has 1 unspecified atom stereocenters. The van der Waals surface area contributed by atoms with E-state index >= 15 is 0 Å². The lowest BCUT2D eigenvalue weighted by Gasteiger charge is -2.22. The molecule has 9 heteroatoms. The number of hydrogen-bond donors (Lipinski definition) is 1. The Morgan fingerprint density at radius 2 is 1.84 bits per heavy atom. The third-order valence-corrected chi connectivity index (χ3v) is 5.55. The highest BCUT2D eigenvalue weighted by atomic mass is 35.5. The van der Waals surface area contributed by atoms with Crippen LogP contribution in [0.4, 0.5) is 13.2 Å². The van der Waals surface area contributed by atoms with Gasteiger partial charge in [0.15, 0.2) is 0 Å². The highest BCUT2D eigenvalue weighted by Crippen LogP contribution is 2.29. The van der Waals surface area contributed by atoms with Crippen LogP contribution in [0.5, 0.6) is 0 Å². The number of halogens is 4. The van der Waals surface area contributed by atoms with Crippen LogP contribution in [0.1, 0.15) is 41.8 Å². The highest BCUT2D eigenvalue weighted by Gasteiger charge is 2.38. The summed E-state index contributed by atoms with van der Waals surface area (Å²) in [5, 5.41) is 3.13. The topological polar surface area (TPSA) is 64.0 Å². The normalized spacial score (nSPS) is 12.7. The molecule has 2 aromatic carbocycles. The molecule has 3 aromatic rings. The first kappa shape index (κ1) is 22.8.